The average Bonchev–Trinajstić information content (AvgIpc) is 3.21. The number of rotatable bonds is 3. The van der Waals surface area contributed by atoms with Gasteiger partial charge in [0.15, 0.2) is 5.69 Å². The second-order valence-electron chi connectivity index (χ2n) is 7.20. The molecule has 9 heteroatoms. The van der Waals surface area contributed by atoms with Crippen LogP contribution in [0.5, 0.6) is 0 Å². The second kappa shape index (κ2) is 5.71. The Morgan fingerprint density at radius 1 is 1.26 bits per heavy atom. The Balaban J connectivity index is 2.09. The second-order valence-corrected chi connectivity index (χ2v) is 7.20. The number of hydrogen-bond donors (Lipinski definition) is 1. The summed E-state index contributed by atoms with van der Waals surface area (Å²) in [5.41, 5.74) is -0.0922. The van der Waals surface area contributed by atoms with Crippen molar-refractivity contribution in [1.29, 1.82) is 0 Å². The van der Waals surface area contributed by atoms with E-state index >= 15 is 0 Å². The molecule has 1 N–H and O–H groups in total. The fourth-order valence-electron chi connectivity index (χ4n) is 3.09. The maximum absolute atomic E-state index is 13.8. The number of halogens is 1. The van der Waals surface area contributed by atoms with E-state index in [9.17, 15) is 14.3 Å². The lowest BCUT2D eigenvalue weighted by atomic mass is 10.1. The van der Waals surface area contributed by atoms with Crippen LogP contribution in [0.4, 0.5) is 4.39 Å². The fraction of sp³-hybridized carbons (Fsp3) is 0.333. The maximum Gasteiger partial charge on any atom is 0.279 e. The molecular formula is C18H18FN5O3. The molecule has 0 fully saturated rings. The molecule has 0 radical (unpaired) electrons. The van der Waals surface area contributed by atoms with E-state index in [4.69, 9.17) is 4.52 Å². The fourth-order valence-corrected chi connectivity index (χ4v) is 3.09. The number of benzene rings is 1. The highest BCUT2D eigenvalue weighted by atomic mass is 19.1. The van der Waals surface area contributed by atoms with Gasteiger partial charge in [-0.1, -0.05) is 5.16 Å². The Hall–Kier alpha value is -3.07. The summed E-state index contributed by atoms with van der Waals surface area (Å²) >= 11 is 0. The Labute approximate surface area is 152 Å². The molecule has 4 aromatic rings. The topological polar surface area (TPSA) is 98.5 Å². The van der Waals surface area contributed by atoms with Crippen LogP contribution in [-0.2, 0) is 5.60 Å². The van der Waals surface area contributed by atoms with E-state index < -0.39 is 11.4 Å². The molecule has 3 heterocycles. The summed E-state index contributed by atoms with van der Waals surface area (Å²) in [4.78, 5) is 21.6. The summed E-state index contributed by atoms with van der Waals surface area (Å²) in [7, 11) is 0. The molecule has 0 saturated heterocycles. The molecule has 140 valence electrons. The maximum atomic E-state index is 13.8. The lowest BCUT2D eigenvalue weighted by molar-refractivity contribution is 0.0661. The van der Waals surface area contributed by atoms with Gasteiger partial charge in [-0.05, 0) is 45.9 Å². The molecule has 0 unspecified atom stereocenters. The van der Waals surface area contributed by atoms with Crippen LogP contribution in [0.25, 0.3) is 28.1 Å². The van der Waals surface area contributed by atoms with Crippen molar-refractivity contribution in [1.82, 2.24) is 24.1 Å². The zero-order valence-electron chi connectivity index (χ0n) is 15.3. The van der Waals surface area contributed by atoms with Crippen LogP contribution in [0, 0.1) is 5.82 Å². The molecule has 0 aliphatic heterocycles. The van der Waals surface area contributed by atoms with Crippen LogP contribution in [0.1, 0.15) is 39.6 Å². The van der Waals surface area contributed by atoms with Crippen LogP contribution in [-0.4, -0.2) is 29.2 Å². The van der Waals surface area contributed by atoms with Crippen molar-refractivity contribution >= 4 is 16.6 Å². The van der Waals surface area contributed by atoms with Crippen LogP contribution < -0.4 is 5.56 Å². The molecule has 3 aromatic heterocycles. The van der Waals surface area contributed by atoms with Crippen molar-refractivity contribution in [3.8, 4) is 11.6 Å². The van der Waals surface area contributed by atoms with Gasteiger partial charge in [0.2, 0.25) is 5.82 Å². The largest absolute Gasteiger partial charge is 0.382 e. The zero-order valence-corrected chi connectivity index (χ0v) is 15.3. The molecule has 0 atom stereocenters. The minimum Gasteiger partial charge on any atom is -0.382 e. The summed E-state index contributed by atoms with van der Waals surface area (Å²) in [5, 5.41) is 13.8. The predicted octanol–water partition coefficient (Wildman–Crippen LogP) is 2.65. The van der Waals surface area contributed by atoms with Crippen molar-refractivity contribution in [3.05, 3.63) is 46.5 Å². The summed E-state index contributed by atoms with van der Waals surface area (Å²) < 4.78 is 22.1. The van der Waals surface area contributed by atoms with Gasteiger partial charge in [-0.2, -0.15) is 4.98 Å². The van der Waals surface area contributed by atoms with Crippen molar-refractivity contribution in [3.63, 3.8) is 0 Å². The van der Waals surface area contributed by atoms with Gasteiger partial charge in [0.1, 0.15) is 23.3 Å². The summed E-state index contributed by atoms with van der Waals surface area (Å²) in [5.74, 6) is -0.308. The average molecular weight is 371 g/mol. The van der Waals surface area contributed by atoms with Gasteiger partial charge in [-0.3, -0.25) is 9.20 Å². The highest BCUT2D eigenvalue weighted by Gasteiger charge is 2.27. The van der Waals surface area contributed by atoms with Crippen LogP contribution >= 0.6 is 0 Å². The highest BCUT2D eigenvalue weighted by Crippen LogP contribution is 2.26. The Morgan fingerprint density at radius 3 is 2.63 bits per heavy atom. The first-order valence-electron chi connectivity index (χ1n) is 8.46. The van der Waals surface area contributed by atoms with E-state index in [1.807, 2.05) is 13.8 Å². The van der Waals surface area contributed by atoms with Gasteiger partial charge in [-0.25, -0.2) is 9.37 Å². The van der Waals surface area contributed by atoms with Gasteiger partial charge in [0, 0.05) is 6.04 Å². The van der Waals surface area contributed by atoms with Crippen molar-refractivity contribution in [2.45, 2.75) is 39.3 Å². The van der Waals surface area contributed by atoms with Gasteiger partial charge in [0.05, 0.1) is 11.0 Å². The van der Waals surface area contributed by atoms with Crippen molar-refractivity contribution in [2.75, 3.05) is 0 Å². The molecule has 0 aliphatic rings. The van der Waals surface area contributed by atoms with E-state index in [0.29, 0.717) is 11.0 Å². The number of imidazole rings is 1. The molecular weight excluding hydrogens is 353 g/mol. The van der Waals surface area contributed by atoms with Gasteiger partial charge in [0.25, 0.3) is 11.4 Å². The molecule has 0 bridgehead atoms. The lowest BCUT2D eigenvalue weighted by Gasteiger charge is -2.15. The third-order valence-electron chi connectivity index (χ3n) is 4.34. The smallest absolute Gasteiger partial charge is 0.279 e. The lowest BCUT2D eigenvalue weighted by Crippen LogP contribution is -2.24. The summed E-state index contributed by atoms with van der Waals surface area (Å²) in [6, 6.07) is 4.05. The van der Waals surface area contributed by atoms with E-state index in [-0.39, 0.29) is 34.5 Å². The molecule has 0 amide bonds. The highest BCUT2D eigenvalue weighted by molar-refractivity contribution is 5.83. The molecule has 0 saturated carbocycles. The van der Waals surface area contributed by atoms with Crippen LogP contribution in [0.3, 0.4) is 0 Å². The number of fused-ring (bicyclic) bond motifs is 3. The number of nitrogens with zero attached hydrogens (tertiary/aromatic N) is 5. The number of aliphatic hydroxyl groups is 1. The molecule has 0 spiro atoms. The van der Waals surface area contributed by atoms with E-state index in [1.165, 1.54) is 36.9 Å². The Kier molecular flexibility index (Phi) is 3.67. The molecule has 27 heavy (non-hydrogen) atoms. The Bertz CT molecular complexity index is 1230. The molecule has 0 aliphatic carbocycles. The van der Waals surface area contributed by atoms with Crippen molar-refractivity contribution < 1.29 is 14.0 Å². The first-order valence-corrected chi connectivity index (χ1v) is 8.46. The third-order valence-corrected chi connectivity index (χ3v) is 4.34. The van der Waals surface area contributed by atoms with Crippen LogP contribution in [0.2, 0.25) is 0 Å². The van der Waals surface area contributed by atoms with Crippen molar-refractivity contribution in [2.24, 2.45) is 0 Å². The molecule has 4 rings (SSSR count). The first kappa shape index (κ1) is 17.3. The van der Waals surface area contributed by atoms with Crippen LogP contribution in [0.15, 0.2) is 33.8 Å². The third kappa shape index (κ3) is 2.62. The SMILES string of the molecule is CC(C)n1c(=O)c2c(-c3nc(C(C)(C)O)no3)ncn2c2ccc(F)cc21. The predicted molar refractivity (Wildman–Crippen MR) is 95.8 cm³/mol. The zero-order chi connectivity index (χ0) is 19.5. The van der Waals surface area contributed by atoms with E-state index in [1.54, 1.807) is 10.5 Å². The van der Waals surface area contributed by atoms with Gasteiger partial charge in [-0.15, -0.1) is 0 Å². The number of aromatic nitrogens is 5. The standard InChI is InChI=1S/C18H18FN5O3/c1-9(2)24-12-7-10(19)5-6-11(12)23-8-20-13(14(23)16(24)25)15-21-17(22-27-15)18(3,4)26/h5-9,26H,1-4H3. The normalized spacial score (nSPS) is 12.6. The minimum absolute atomic E-state index is 0.0310. The summed E-state index contributed by atoms with van der Waals surface area (Å²) in [6.45, 7) is 6.75. The van der Waals surface area contributed by atoms with Gasteiger partial charge < -0.3 is 14.2 Å². The minimum atomic E-state index is -1.29. The van der Waals surface area contributed by atoms with E-state index in [2.05, 4.69) is 15.1 Å². The van der Waals surface area contributed by atoms with Gasteiger partial charge >= 0.3 is 0 Å². The molecule has 8 nitrogen and oxygen atoms in total. The monoisotopic (exact) mass is 371 g/mol. The number of hydrogen-bond acceptors (Lipinski definition) is 6. The Morgan fingerprint density at radius 2 is 2.00 bits per heavy atom. The summed E-state index contributed by atoms with van der Waals surface area (Å²) in [6.07, 6.45) is 1.46. The quantitative estimate of drug-likeness (QED) is 0.594. The first-order chi connectivity index (χ1) is 12.7. The van der Waals surface area contributed by atoms with E-state index in [0.717, 1.165) is 0 Å². The molecule has 1 aromatic carbocycles.